The van der Waals surface area contributed by atoms with Crippen LogP contribution in [0.3, 0.4) is 0 Å². The quantitative estimate of drug-likeness (QED) is 0.425. The standard InChI is InChI=1S/C11H17N3O4S/c1-2-13-11(16)5-6-14-19(17,18)8-3-4-10(15)9(12)7-8/h3-4,7,14-15H,2,5-6,12H2,1H3,(H,13,16). The number of amides is 1. The SMILES string of the molecule is CCNC(=O)CCNS(=O)(=O)c1ccc(O)c(N)c1. The van der Waals surface area contributed by atoms with Gasteiger partial charge in [-0.15, -0.1) is 0 Å². The third-order valence-corrected chi connectivity index (χ3v) is 3.79. The van der Waals surface area contributed by atoms with Crippen LogP contribution in [-0.2, 0) is 14.8 Å². The Morgan fingerprint density at radius 3 is 2.68 bits per heavy atom. The van der Waals surface area contributed by atoms with Crippen molar-refractivity contribution in [2.24, 2.45) is 0 Å². The van der Waals surface area contributed by atoms with Crippen molar-refractivity contribution in [2.45, 2.75) is 18.2 Å². The van der Waals surface area contributed by atoms with Crippen molar-refractivity contribution in [3.8, 4) is 5.75 Å². The zero-order valence-electron chi connectivity index (χ0n) is 10.5. The molecule has 0 radical (unpaired) electrons. The van der Waals surface area contributed by atoms with Gasteiger partial charge < -0.3 is 16.2 Å². The van der Waals surface area contributed by atoms with Crippen LogP contribution in [0.15, 0.2) is 23.1 Å². The summed E-state index contributed by atoms with van der Waals surface area (Å²) in [5.41, 5.74) is 5.41. The summed E-state index contributed by atoms with van der Waals surface area (Å²) < 4.78 is 26.0. The third kappa shape index (κ3) is 4.42. The summed E-state index contributed by atoms with van der Waals surface area (Å²) in [6.45, 7) is 2.27. The number of rotatable bonds is 6. The van der Waals surface area contributed by atoms with E-state index in [1.165, 1.54) is 12.1 Å². The van der Waals surface area contributed by atoms with E-state index in [0.717, 1.165) is 6.07 Å². The van der Waals surface area contributed by atoms with Gasteiger partial charge in [0.1, 0.15) is 5.75 Å². The fourth-order valence-corrected chi connectivity index (χ4v) is 2.43. The number of hydrogen-bond acceptors (Lipinski definition) is 5. The van der Waals surface area contributed by atoms with Gasteiger partial charge in [0, 0.05) is 19.5 Å². The van der Waals surface area contributed by atoms with Gasteiger partial charge in [0.2, 0.25) is 15.9 Å². The molecule has 1 aromatic rings. The van der Waals surface area contributed by atoms with Crippen molar-refractivity contribution in [1.29, 1.82) is 0 Å². The average molecular weight is 287 g/mol. The molecular formula is C11H17N3O4S. The number of aromatic hydroxyl groups is 1. The van der Waals surface area contributed by atoms with E-state index in [2.05, 4.69) is 10.0 Å². The molecule has 19 heavy (non-hydrogen) atoms. The smallest absolute Gasteiger partial charge is 0.240 e. The number of carbonyl (C=O) groups is 1. The molecule has 5 N–H and O–H groups in total. The summed E-state index contributed by atoms with van der Waals surface area (Å²) >= 11 is 0. The molecular weight excluding hydrogens is 270 g/mol. The lowest BCUT2D eigenvalue weighted by atomic mass is 10.3. The van der Waals surface area contributed by atoms with Crippen molar-refractivity contribution in [3.05, 3.63) is 18.2 Å². The molecule has 1 amide bonds. The highest BCUT2D eigenvalue weighted by Crippen LogP contribution is 2.22. The topological polar surface area (TPSA) is 122 Å². The van der Waals surface area contributed by atoms with Crippen LogP contribution in [0.1, 0.15) is 13.3 Å². The Bertz CT molecular complexity index is 557. The molecule has 7 nitrogen and oxygen atoms in total. The molecule has 0 aromatic heterocycles. The first-order chi connectivity index (χ1) is 8.86. The number of anilines is 1. The number of carbonyl (C=O) groups excluding carboxylic acids is 1. The van der Waals surface area contributed by atoms with E-state index in [4.69, 9.17) is 5.73 Å². The Balaban J connectivity index is 2.66. The molecule has 0 aliphatic heterocycles. The maximum absolute atomic E-state index is 11.9. The van der Waals surface area contributed by atoms with E-state index in [0.29, 0.717) is 6.54 Å². The number of nitrogens with two attached hydrogens (primary N) is 1. The number of nitrogens with one attached hydrogen (secondary N) is 2. The van der Waals surface area contributed by atoms with Crippen molar-refractivity contribution in [3.63, 3.8) is 0 Å². The van der Waals surface area contributed by atoms with E-state index in [1.807, 2.05) is 0 Å². The highest BCUT2D eigenvalue weighted by atomic mass is 32.2. The van der Waals surface area contributed by atoms with Gasteiger partial charge in [0.05, 0.1) is 10.6 Å². The summed E-state index contributed by atoms with van der Waals surface area (Å²) in [7, 11) is -3.73. The average Bonchev–Trinajstić information content (AvgIpc) is 2.32. The maximum Gasteiger partial charge on any atom is 0.240 e. The van der Waals surface area contributed by atoms with Crippen molar-refractivity contribution < 1.29 is 18.3 Å². The number of nitrogen functional groups attached to an aromatic ring is 1. The van der Waals surface area contributed by atoms with Crippen LogP contribution in [0.4, 0.5) is 5.69 Å². The van der Waals surface area contributed by atoms with E-state index in [9.17, 15) is 18.3 Å². The normalized spacial score (nSPS) is 11.2. The minimum absolute atomic E-state index is 0.00501. The fourth-order valence-electron chi connectivity index (χ4n) is 1.37. The van der Waals surface area contributed by atoms with E-state index >= 15 is 0 Å². The zero-order valence-corrected chi connectivity index (χ0v) is 11.3. The molecule has 1 rings (SSSR count). The van der Waals surface area contributed by atoms with Crippen LogP contribution < -0.4 is 15.8 Å². The van der Waals surface area contributed by atoms with Gasteiger partial charge in [0.15, 0.2) is 0 Å². The molecule has 0 fully saturated rings. The largest absolute Gasteiger partial charge is 0.506 e. The van der Waals surface area contributed by atoms with E-state index in [1.54, 1.807) is 6.92 Å². The predicted molar refractivity (Wildman–Crippen MR) is 71.0 cm³/mol. The van der Waals surface area contributed by atoms with Crippen molar-refractivity contribution >= 4 is 21.6 Å². The second kappa shape index (κ2) is 6.39. The van der Waals surface area contributed by atoms with Gasteiger partial charge in [-0.05, 0) is 25.1 Å². The van der Waals surface area contributed by atoms with Crippen LogP contribution in [0.2, 0.25) is 0 Å². The second-order valence-electron chi connectivity index (χ2n) is 3.82. The molecule has 0 atom stereocenters. The Morgan fingerprint density at radius 1 is 1.42 bits per heavy atom. The molecule has 0 aliphatic rings. The van der Waals surface area contributed by atoms with Gasteiger partial charge >= 0.3 is 0 Å². The molecule has 0 unspecified atom stereocenters. The minimum atomic E-state index is -3.73. The molecule has 0 spiro atoms. The summed E-state index contributed by atoms with van der Waals surface area (Å²) in [5, 5.41) is 11.8. The lowest BCUT2D eigenvalue weighted by Crippen LogP contribution is -2.30. The number of phenolic OH excluding ortho intramolecular Hbond substituents is 1. The molecule has 0 saturated heterocycles. The summed E-state index contributed by atoms with van der Waals surface area (Å²) in [6, 6.07) is 3.59. The highest BCUT2D eigenvalue weighted by molar-refractivity contribution is 7.89. The first kappa shape index (κ1) is 15.3. The Morgan fingerprint density at radius 2 is 2.11 bits per heavy atom. The van der Waals surface area contributed by atoms with Gasteiger partial charge in [0.25, 0.3) is 0 Å². The second-order valence-corrected chi connectivity index (χ2v) is 5.59. The Kier molecular flexibility index (Phi) is 5.13. The Labute approximate surface area is 111 Å². The third-order valence-electron chi connectivity index (χ3n) is 2.33. The number of hydrogen-bond donors (Lipinski definition) is 4. The molecule has 0 bridgehead atoms. The lowest BCUT2D eigenvalue weighted by Gasteiger charge is -2.08. The molecule has 1 aromatic carbocycles. The van der Waals surface area contributed by atoms with Gasteiger partial charge in [-0.2, -0.15) is 0 Å². The first-order valence-electron chi connectivity index (χ1n) is 5.71. The number of sulfonamides is 1. The van der Waals surface area contributed by atoms with E-state index in [-0.39, 0.29) is 35.2 Å². The zero-order chi connectivity index (χ0) is 14.5. The molecule has 0 saturated carbocycles. The Hall–Kier alpha value is -1.80. The van der Waals surface area contributed by atoms with Gasteiger partial charge in [-0.1, -0.05) is 0 Å². The summed E-state index contributed by atoms with van der Waals surface area (Å²) in [4.78, 5) is 11.1. The fraction of sp³-hybridized carbons (Fsp3) is 0.364. The first-order valence-corrected chi connectivity index (χ1v) is 7.20. The molecule has 0 heterocycles. The van der Waals surface area contributed by atoms with Crippen LogP contribution in [0, 0.1) is 0 Å². The summed E-state index contributed by atoms with van der Waals surface area (Å²) in [5.74, 6) is -0.406. The van der Waals surface area contributed by atoms with Crippen molar-refractivity contribution in [1.82, 2.24) is 10.0 Å². The minimum Gasteiger partial charge on any atom is -0.506 e. The lowest BCUT2D eigenvalue weighted by molar-refractivity contribution is -0.120. The molecule has 0 aliphatic carbocycles. The monoisotopic (exact) mass is 287 g/mol. The van der Waals surface area contributed by atoms with Crippen LogP contribution in [-0.4, -0.2) is 32.5 Å². The van der Waals surface area contributed by atoms with Crippen LogP contribution in [0.5, 0.6) is 5.75 Å². The molecule has 106 valence electrons. The van der Waals surface area contributed by atoms with Gasteiger partial charge in [-0.25, -0.2) is 13.1 Å². The predicted octanol–water partition coefficient (Wildman–Crippen LogP) is -0.221. The molecule has 8 heteroatoms. The summed E-state index contributed by atoms with van der Waals surface area (Å²) in [6.07, 6.45) is 0.0562. The van der Waals surface area contributed by atoms with Crippen LogP contribution in [0.25, 0.3) is 0 Å². The van der Waals surface area contributed by atoms with Crippen molar-refractivity contribution in [2.75, 3.05) is 18.8 Å². The van der Waals surface area contributed by atoms with Gasteiger partial charge in [-0.3, -0.25) is 4.79 Å². The van der Waals surface area contributed by atoms with E-state index < -0.39 is 10.0 Å². The maximum atomic E-state index is 11.9. The van der Waals surface area contributed by atoms with Crippen LogP contribution >= 0.6 is 0 Å². The highest BCUT2D eigenvalue weighted by Gasteiger charge is 2.15. The number of benzene rings is 1. The number of phenols is 1.